The number of H-pyrrole nitrogens is 1. The molecule has 0 fully saturated rings. The minimum absolute atomic E-state index is 0.426. The highest BCUT2D eigenvalue weighted by molar-refractivity contribution is 5.07. The number of ether oxygens (including phenoxy) is 1. The van der Waals surface area contributed by atoms with Crippen molar-refractivity contribution in [3.8, 4) is 0 Å². The first-order valence-corrected chi connectivity index (χ1v) is 5.08. The molecule has 1 aromatic rings. The molecule has 1 rings (SSSR count). The Morgan fingerprint density at radius 3 is 2.79 bits per heavy atom. The van der Waals surface area contributed by atoms with Gasteiger partial charge in [-0.05, 0) is 17.5 Å². The number of aromatic amines is 1. The number of hydrogen-bond acceptors (Lipinski definition) is 2. The van der Waals surface area contributed by atoms with Crippen molar-refractivity contribution in [1.82, 2.24) is 10.3 Å². The van der Waals surface area contributed by atoms with Crippen LogP contribution in [0.2, 0.25) is 0 Å². The number of hydrogen-bond donors (Lipinski definition) is 2. The Morgan fingerprint density at radius 2 is 2.29 bits per heavy atom. The van der Waals surface area contributed by atoms with Crippen LogP contribution in [0, 0.1) is 5.92 Å². The number of methoxy groups -OCH3 is 1. The van der Waals surface area contributed by atoms with E-state index in [2.05, 4.69) is 30.2 Å². The first kappa shape index (κ1) is 11.3. The molecule has 0 saturated heterocycles. The normalized spacial score (nSPS) is 13.4. The third-order valence-electron chi connectivity index (χ3n) is 2.38. The van der Waals surface area contributed by atoms with Gasteiger partial charge in [-0.3, -0.25) is 0 Å². The molecule has 80 valence electrons. The monoisotopic (exact) mass is 196 g/mol. The lowest BCUT2D eigenvalue weighted by Crippen LogP contribution is -2.37. The van der Waals surface area contributed by atoms with Gasteiger partial charge in [0.25, 0.3) is 0 Å². The highest BCUT2D eigenvalue weighted by Crippen LogP contribution is 2.04. The van der Waals surface area contributed by atoms with Gasteiger partial charge < -0.3 is 15.0 Å². The fourth-order valence-electron chi connectivity index (χ4n) is 1.38. The predicted octanol–water partition coefficient (Wildman–Crippen LogP) is 1.78. The smallest absolute Gasteiger partial charge is 0.0618 e. The van der Waals surface area contributed by atoms with E-state index in [0.717, 1.165) is 13.2 Å². The highest BCUT2D eigenvalue weighted by atomic mass is 16.5. The van der Waals surface area contributed by atoms with Crippen LogP contribution < -0.4 is 5.32 Å². The molecule has 1 atom stereocenters. The maximum Gasteiger partial charge on any atom is 0.0618 e. The maximum absolute atomic E-state index is 5.16. The van der Waals surface area contributed by atoms with Gasteiger partial charge in [-0.1, -0.05) is 13.8 Å². The van der Waals surface area contributed by atoms with Gasteiger partial charge in [0.1, 0.15) is 0 Å². The van der Waals surface area contributed by atoms with Crippen LogP contribution in [0.5, 0.6) is 0 Å². The van der Waals surface area contributed by atoms with Gasteiger partial charge >= 0.3 is 0 Å². The average molecular weight is 196 g/mol. The second-order valence-corrected chi connectivity index (χ2v) is 3.91. The summed E-state index contributed by atoms with van der Waals surface area (Å²) < 4.78 is 5.16. The Morgan fingerprint density at radius 1 is 1.50 bits per heavy atom. The molecule has 3 heteroatoms. The second kappa shape index (κ2) is 5.83. The Hall–Kier alpha value is -0.800. The molecule has 0 radical (unpaired) electrons. The topological polar surface area (TPSA) is 37.0 Å². The molecule has 0 spiro atoms. The fourth-order valence-corrected chi connectivity index (χ4v) is 1.38. The molecule has 1 unspecified atom stereocenters. The molecule has 3 nitrogen and oxygen atoms in total. The van der Waals surface area contributed by atoms with Crippen molar-refractivity contribution in [1.29, 1.82) is 0 Å². The third kappa shape index (κ3) is 3.52. The molecule has 0 aliphatic rings. The Bertz CT molecular complexity index is 231. The van der Waals surface area contributed by atoms with E-state index in [0.29, 0.717) is 12.0 Å². The molecule has 1 heterocycles. The van der Waals surface area contributed by atoms with E-state index in [1.165, 1.54) is 5.56 Å². The molecular weight excluding hydrogens is 176 g/mol. The minimum atomic E-state index is 0.426. The summed E-state index contributed by atoms with van der Waals surface area (Å²) in [7, 11) is 1.74. The SMILES string of the molecule is COCC(NCc1cc[nH]c1)C(C)C. The number of rotatable bonds is 6. The summed E-state index contributed by atoms with van der Waals surface area (Å²) in [6, 6.07) is 2.51. The first-order chi connectivity index (χ1) is 6.74. The average Bonchev–Trinajstić information content (AvgIpc) is 2.64. The van der Waals surface area contributed by atoms with E-state index in [-0.39, 0.29) is 0 Å². The largest absolute Gasteiger partial charge is 0.383 e. The number of nitrogens with one attached hydrogen (secondary N) is 2. The highest BCUT2D eigenvalue weighted by Gasteiger charge is 2.11. The van der Waals surface area contributed by atoms with E-state index in [1.54, 1.807) is 7.11 Å². The molecule has 14 heavy (non-hydrogen) atoms. The third-order valence-corrected chi connectivity index (χ3v) is 2.38. The van der Waals surface area contributed by atoms with Gasteiger partial charge in [0, 0.05) is 32.1 Å². The lowest BCUT2D eigenvalue weighted by atomic mass is 10.1. The van der Waals surface area contributed by atoms with E-state index in [1.807, 2.05) is 12.4 Å². The Labute approximate surface area is 85.9 Å². The van der Waals surface area contributed by atoms with Crippen LogP contribution in [0.3, 0.4) is 0 Å². The molecule has 0 aliphatic heterocycles. The van der Waals surface area contributed by atoms with Crippen LogP contribution in [-0.2, 0) is 11.3 Å². The zero-order valence-corrected chi connectivity index (χ0v) is 9.21. The summed E-state index contributed by atoms with van der Waals surface area (Å²) in [5, 5.41) is 3.48. The van der Waals surface area contributed by atoms with E-state index in [4.69, 9.17) is 4.74 Å². The van der Waals surface area contributed by atoms with Crippen LogP contribution in [0.4, 0.5) is 0 Å². The van der Waals surface area contributed by atoms with Crippen LogP contribution >= 0.6 is 0 Å². The van der Waals surface area contributed by atoms with Crippen LogP contribution in [0.15, 0.2) is 18.5 Å². The summed E-state index contributed by atoms with van der Waals surface area (Å²) in [6.45, 7) is 6.07. The second-order valence-electron chi connectivity index (χ2n) is 3.91. The van der Waals surface area contributed by atoms with Gasteiger partial charge in [0.05, 0.1) is 6.61 Å². The van der Waals surface area contributed by atoms with Crippen LogP contribution in [0.25, 0.3) is 0 Å². The van der Waals surface area contributed by atoms with Gasteiger partial charge in [0.15, 0.2) is 0 Å². The van der Waals surface area contributed by atoms with E-state index in [9.17, 15) is 0 Å². The molecule has 2 N–H and O–H groups in total. The van der Waals surface area contributed by atoms with Crippen molar-refractivity contribution in [2.24, 2.45) is 5.92 Å². The van der Waals surface area contributed by atoms with E-state index >= 15 is 0 Å². The summed E-state index contributed by atoms with van der Waals surface area (Å²) >= 11 is 0. The van der Waals surface area contributed by atoms with Gasteiger partial charge in [-0.25, -0.2) is 0 Å². The zero-order chi connectivity index (χ0) is 10.4. The summed E-state index contributed by atoms with van der Waals surface area (Å²) in [5.41, 5.74) is 1.28. The summed E-state index contributed by atoms with van der Waals surface area (Å²) in [6.07, 6.45) is 3.95. The molecule has 0 amide bonds. The lowest BCUT2D eigenvalue weighted by molar-refractivity contribution is 0.146. The van der Waals surface area contributed by atoms with Crippen molar-refractivity contribution >= 4 is 0 Å². The first-order valence-electron chi connectivity index (χ1n) is 5.08. The van der Waals surface area contributed by atoms with Gasteiger partial charge in [0.2, 0.25) is 0 Å². The molecular formula is C11H20N2O. The van der Waals surface area contributed by atoms with Crippen molar-refractivity contribution in [3.63, 3.8) is 0 Å². The van der Waals surface area contributed by atoms with Crippen LogP contribution in [0.1, 0.15) is 19.4 Å². The summed E-state index contributed by atoms with van der Waals surface area (Å²) in [5.74, 6) is 0.592. The quantitative estimate of drug-likeness (QED) is 0.727. The minimum Gasteiger partial charge on any atom is -0.383 e. The lowest BCUT2D eigenvalue weighted by Gasteiger charge is -2.21. The zero-order valence-electron chi connectivity index (χ0n) is 9.21. The molecule has 0 bridgehead atoms. The molecule has 0 saturated carbocycles. The fraction of sp³-hybridized carbons (Fsp3) is 0.636. The van der Waals surface area contributed by atoms with Crippen molar-refractivity contribution < 1.29 is 4.74 Å². The molecule has 0 aliphatic carbocycles. The van der Waals surface area contributed by atoms with Crippen molar-refractivity contribution in [2.45, 2.75) is 26.4 Å². The maximum atomic E-state index is 5.16. The standard InChI is InChI=1S/C11H20N2O/c1-9(2)11(8-14-3)13-7-10-4-5-12-6-10/h4-6,9,11-13H,7-8H2,1-3H3. The summed E-state index contributed by atoms with van der Waals surface area (Å²) in [4.78, 5) is 3.04. The Kier molecular flexibility index (Phi) is 4.70. The van der Waals surface area contributed by atoms with E-state index < -0.39 is 0 Å². The van der Waals surface area contributed by atoms with Crippen molar-refractivity contribution in [2.75, 3.05) is 13.7 Å². The number of aromatic nitrogens is 1. The van der Waals surface area contributed by atoms with Gasteiger partial charge in [-0.15, -0.1) is 0 Å². The predicted molar refractivity (Wildman–Crippen MR) is 58.1 cm³/mol. The molecule has 1 aromatic heterocycles. The van der Waals surface area contributed by atoms with Crippen LogP contribution in [-0.4, -0.2) is 24.7 Å². The molecule has 0 aromatic carbocycles. The van der Waals surface area contributed by atoms with Gasteiger partial charge in [-0.2, -0.15) is 0 Å². The van der Waals surface area contributed by atoms with Crippen molar-refractivity contribution in [3.05, 3.63) is 24.0 Å². The Balaban J connectivity index is 2.33.